The summed E-state index contributed by atoms with van der Waals surface area (Å²) in [4.78, 5) is 4.79. The molecule has 0 radical (unpaired) electrons. The van der Waals surface area contributed by atoms with Crippen LogP contribution in [0.1, 0.15) is 51.7 Å². The summed E-state index contributed by atoms with van der Waals surface area (Å²) < 4.78 is 2.63. The summed E-state index contributed by atoms with van der Waals surface area (Å²) in [6.07, 6.45) is 2.39. The lowest BCUT2D eigenvalue weighted by Crippen LogP contribution is -2.34. The minimum Gasteiger partial charge on any atom is -0.311 e. The maximum Gasteiger partial charge on any atom is 0.0640 e. The first kappa shape index (κ1) is 33.2. The number of hydrogen-bond acceptors (Lipinski definition) is 3. The van der Waals surface area contributed by atoms with E-state index in [0.717, 1.165) is 22.7 Å². The Morgan fingerprint density at radius 1 is 0.415 bits per heavy atom. The third kappa shape index (κ3) is 5.99. The van der Waals surface area contributed by atoms with E-state index in [4.69, 9.17) is 0 Å². The van der Waals surface area contributed by atoms with Gasteiger partial charge in [-0.05, 0) is 119 Å². The minimum atomic E-state index is 0.114. The highest BCUT2D eigenvalue weighted by atomic mass is 32.1. The Bertz CT molecular complexity index is 2510. The smallest absolute Gasteiger partial charge is 0.0640 e. The second-order valence-electron chi connectivity index (χ2n) is 15.7. The predicted octanol–water partition coefficient (Wildman–Crippen LogP) is 15.0. The molecular weight excluding hydrogens is 661 g/mol. The fraction of sp³-hybridized carbons (Fsp3) is 0.160. The Morgan fingerprint density at radius 2 is 0.906 bits per heavy atom. The number of para-hydroxylation sites is 2. The number of anilines is 6. The molecule has 53 heavy (non-hydrogen) atoms. The molecule has 0 bridgehead atoms. The first-order valence-corrected chi connectivity index (χ1v) is 19.5. The molecule has 0 fully saturated rings. The lowest BCUT2D eigenvalue weighted by atomic mass is 9.63. The van der Waals surface area contributed by atoms with Crippen molar-refractivity contribution in [2.24, 2.45) is 0 Å². The van der Waals surface area contributed by atoms with Crippen molar-refractivity contribution in [2.75, 3.05) is 9.80 Å². The minimum absolute atomic E-state index is 0.114. The number of rotatable bonds is 7. The van der Waals surface area contributed by atoms with Crippen LogP contribution >= 0.6 is 11.3 Å². The van der Waals surface area contributed by atoms with E-state index < -0.39 is 0 Å². The van der Waals surface area contributed by atoms with E-state index in [9.17, 15) is 0 Å². The van der Waals surface area contributed by atoms with Crippen molar-refractivity contribution >= 4 is 65.6 Å². The molecule has 0 unspecified atom stereocenters. The quantitative estimate of drug-likeness (QED) is 0.163. The number of hydrogen-bond donors (Lipinski definition) is 0. The van der Waals surface area contributed by atoms with Gasteiger partial charge >= 0.3 is 0 Å². The molecule has 1 aliphatic rings. The fourth-order valence-electron chi connectivity index (χ4n) is 8.26. The fourth-order valence-corrected chi connectivity index (χ4v) is 9.46. The van der Waals surface area contributed by atoms with Crippen molar-refractivity contribution in [1.82, 2.24) is 0 Å². The van der Waals surface area contributed by atoms with E-state index in [1.54, 1.807) is 0 Å². The summed E-state index contributed by atoms with van der Waals surface area (Å²) in [5, 5.41) is 2.63. The average Bonchev–Trinajstić information content (AvgIpc) is 3.58. The monoisotopic (exact) mass is 704 g/mol. The molecule has 260 valence electrons. The first-order valence-electron chi connectivity index (χ1n) is 18.7. The normalized spacial score (nSPS) is 14.6. The van der Waals surface area contributed by atoms with E-state index in [1.165, 1.54) is 66.6 Å². The molecule has 9 rings (SSSR count). The topological polar surface area (TPSA) is 6.48 Å². The Kier molecular flexibility index (Phi) is 8.20. The van der Waals surface area contributed by atoms with Crippen LogP contribution in [-0.2, 0) is 10.8 Å². The summed E-state index contributed by atoms with van der Waals surface area (Å²) in [6.45, 7) is 9.65. The van der Waals surface area contributed by atoms with Crippen molar-refractivity contribution in [3.63, 3.8) is 0 Å². The summed E-state index contributed by atoms with van der Waals surface area (Å²) >= 11 is 1.89. The summed E-state index contributed by atoms with van der Waals surface area (Å²) in [7, 11) is 0. The SMILES string of the molecule is CC1(C)CCC(C)(C)c2cc(N(c3ccc(-c4ccc(N(c5ccccc5)c5ccccc5)cc4)cc3)c3cccc4c3sc3ccccc34)ccc21. The number of benzene rings is 7. The molecule has 3 heteroatoms. The van der Waals surface area contributed by atoms with Gasteiger partial charge in [0.05, 0.1) is 10.4 Å². The predicted molar refractivity (Wildman–Crippen MR) is 229 cm³/mol. The van der Waals surface area contributed by atoms with Crippen LogP contribution in [0.15, 0.2) is 170 Å². The Labute approximate surface area is 317 Å². The van der Waals surface area contributed by atoms with Gasteiger partial charge in [-0.3, -0.25) is 0 Å². The second-order valence-corrected chi connectivity index (χ2v) is 16.7. The molecule has 0 saturated carbocycles. The standard InChI is InChI=1S/C50H44N2S/c1-49(2)32-33-50(3,4)45-34-41(30-31-44(45)49)52(46-20-13-19-43-42-18-11-12-21-47(42)53-48(43)46)40-28-24-36(25-29-40)35-22-26-39(27-23-35)51(37-14-7-5-8-15-37)38-16-9-6-10-17-38/h5-31,34H,32-33H2,1-4H3. The van der Waals surface area contributed by atoms with Crippen molar-refractivity contribution < 1.29 is 0 Å². The van der Waals surface area contributed by atoms with Crippen molar-refractivity contribution in [3.05, 3.63) is 181 Å². The molecule has 2 nitrogen and oxygen atoms in total. The van der Waals surface area contributed by atoms with E-state index in [2.05, 4.69) is 207 Å². The first-order chi connectivity index (χ1) is 25.8. The van der Waals surface area contributed by atoms with Crippen LogP contribution in [0.25, 0.3) is 31.3 Å². The van der Waals surface area contributed by atoms with E-state index >= 15 is 0 Å². The summed E-state index contributed by atoms with van der Waals surface area (Å²) in [6, 6.07) is 62.1. The van der Waals surface area contributed by atoms with Crippen LogP contribution < -0.4 is 9.80 Å². The molecule has 0 amide bonds. The Hall–Kier alpha value is -5.64. The van der Waals surface area contributed by atoms with Gasteiger partial charge in [0.15, 0.2) is 0 Å². The zero-order valence-corrected chi connectivity index (χ0v) is 31.7. The molecule has 1 aromatic heterocycles. The van der Waals surface area contributed by atoms with Gasteiger partial charge in [-0.15, -0.1) is 11.3 Å². The molecule has 0 N–H and O–H groups in total. The lowest BCUT2D eigenvalue weighted by molar-refractivity contribution is 0.332. The zero-order chi connectivity index (χ0) is 36.2. The average molecular weight is 705 g/mol. The van der Waals surface area contributed by atoms with Crippen molar-refractivity contribution in [2.45, 2.75) is 51.4 Å². The maximum atomic E-state index is 2.49. The van der Waals surface area contributed by atoms with E-state index in [-0.39, 0.29) is 10.8 Å². The summed E-state index contributed by atoms with van der Waals surface area (Å²) in [5.74, 6) is 0. The van der Waals surface area contributed by atoms with Crippen molar-refractivity contribution in [1.29, 1.82) is 0 Å². The van der Waals surface area contributed by atoms with Gasteiger partial charge in [-0.25, -0.2) is 0 Å². The molecular formula is C50H44N2S. The third-order valence-corrected chi connectivity index (χ3v) is 12.5. The second kappa shape index (κ2) is 13.1. The van der Waals surface area contributed by atoms with Gasteiger partial charge in [0.2, 0.25) is 0 Å². The number of thiophene rings is 1. The van der Waals surface area contributed by atoms with Gasteiger partial charge in [-0.1, -0.05) is 125 Å². The van der Waals surface area contributed by atoms with Crippen LogP contribution in [0.4, 0.5) is 34.1 Å². The molecule has 8 aromatic rings. The molecule has 1 heterocycles. The largest absolute Gasteiger partial charge is 0.311 e. The van der Waals surface area contributed by atoms with Crippen LogP contribution in [0.3, 0.4) is 0 Å². The highest BCUT2D eigenvalue weighted by molar-refractivity contribution is 7.26. The van der Waals surface area contributed by atoms with Gasteiger partial charge in [0.1, 0.15) is 0 Å². The number of nitrogens with zero attached hydrogens (tertiary/aromatic N) is 2. The molecule has 0 aliphatic heterocycles. The van der Waals surface area contributed by atoms with Crippen LogP contribution in [0.2, 0.25) is 0 Å². The molecule has 1 aliphatic carbocycles. The number of fused-ring (bicyclic) bond motifs is 4. The van der Waals surface area contributed by atoms with E-state index in [1.807, 2.05) is 11.3 Å². The molecule has 0 atom stereocenters. The Balaban J connectivity index is 1.13. The van der Waals surface area contributed by atoms with Crippen LogP contribution in [-0.4, -0.2) is 0 Å². The van der Waals surface area contributed by atoms with Crippen LogP contribution in [0, 0.1) is 0 Å². The van der Waals surface area contributed by atoms with Gasteiger partial charge < -0.3 is 9.80 Å². The Morgan fingerprint density at radius 3 is 1.53 bits per heavy atom. The highest BCUT2D eigenvalue weighted by Crippen LogP contribution is 2.50. The molecule has 0 spiro atoms. The summed E-state index contributed by atoms with van der Waals surface area (Å²) in [5.41, 5.74) is 12.6. The van der Waals surface area contributed by atoms with E-state index in [0.29, 0.717) is 0 Å². The van der Waals surface area contributed by atoms with Gasteiger partial charge in [0, 0.05) is 43.9 Å². The molecule has 0 saturated heterocycles. The van der Waals surface area contributed by atoms with Gasteiger partial charge in [-0.2, -0.15) is 0 Å². The lowest BCUT2D eigenvalue weighted by Gasteiger charge is -2.42. The molecule has 7 aromatic carbocycles. The van der Waals surface area contributed by atoms with Gasteiger partial charge in [0.25, 0.3) is 0 Å². The zero-order valence-electron chi connectivity index (χ0n) is 30.9. The highest BCUT2D eigenvalue weighted by Gasteiger charge is 2.37. The van der Waals surface area contributed by atoms with Crippen LogP contribution in [0.5, 0.6) is 0 Å². The maximum absolute atomic E-state index is 2.49. The third-order valence-electron chi connectivity index (χ3n) is 11.3. The van der Waals surface area contributed by atoms with Crippen molar-refractivity contribution in [3.8, 4) is 11.1 Å².